The summed E-state index contributed by atoms with van der Waals surface area (Å²) in [5, 5.41) is 7.57. The zero-order valence-electron chi connectivity index (χ0n) is 11.9. The molecule has 0 unspecified atom stereocenters. The fourth-order valence-electron chi connectivity index (χ4n) is 2.06. The first-order valence-electron chi connectivity index (χ1n) is 6.44. The molecule has 1 aromatic heterocycles. The molecule has 9 heteroatoms. The standard InChI is InChI=1S/C13H14F3N3O2S/c1-3-19-9(2)17-18-12(19)8-22(20,21)11-6-4-5-10(7-11)13(14,15)16/h4-7H,3,8H2,1-2H3. The fourth-order valence-corrected chi connectivity index (χ4v) is 3.37. The Hall–Kier alpha value is -1.90. The lowest BCUT2D eigenvalue weighted by atomic mass is 10.2. The average molecular weight is 333 g/mol. The summed E-state index contributed by atoms with van der Waals surface area (Å²) in [6.45, 7) is 3.96. The first kappa shape index (κ1) is 16.5. The van der Waals surface area contributed by atoms with Crippen LogP contribution in [0.4, 0.5) is 13.2 Å². The van der Waals surface area contributed by atoms with E-state index in [1.807, 2.05) is 0 Å². The number of aromatic nitrogens is 3. The molecule has 0 saturated heterocycles. The van der Waals surface area contributed by atoms with Crippen LogP contribution in [0.5, 0.6) is 0 Å². The Kier molecular flexibility index (Phi) is 4.28. The molecule has 22 heavy (non-hydrogen) atoms. The van der Waals surface area contributed by atoms with Gasteiger partial charge in [-0.15, -0.1) is 10.2 Å². The van der Waals surface area contributed by atoms with E-state index in [4.69, 9.17) is 0 Å². The maximum atomic E-state index is 12.7. The van der Waals surface area contributed by atoms with Crippen molar-refractivity contribution in [3.8, 4) is 0 Å². The van der Waals surface area contributed by atoms with Crippen molar-refractivity contribution in [2.75, 3.05) is 0 Å². The van der Waals surface area contributed by atoms with Gasteiger partial charge in [0.2, 0.25) is 0 Å². The van der Waals surface area contributed by atoms with Crippen LogP contribution >= 0.6 is 0 Å². The Morgan fingerprint density at radius 2 is 1.91 bits per heavy atom. The van der Waals surface area contributed by atoms with Gasteiger partial charge in [0, 0.05) is 6.54 Å². The van der Waals surface area contributed by atoms with Crippen LogP contribution in [0.15, 0.2) is 29.2 Å². The highest BCUT2D eigenvalue weighted by molar-refractivity contribution is 7.90. The largest absolute Gasteiger partial charge is 0.416 e. The predicted molar refractivity (Wildman–Crippen MR) is 72.8 cm³/mol. The Balaban J connectivity index is 2.39. The number of nitrogens with zero attached hydrogens (tertiary/aromatic N) is 3. The van der Waals surface area contributed by atoms with Gasteiger partial charge in [0.15, 0.2) is 9.84 Å². The molecule has 0 aliphatic carbocycles. The van der Waals surface area contributed by atoms with E-state index in [-0.39, 0.29) is 10.7 Å². The summed E-state index contributed by atoms with van der Waals surface area (Å²) in [4.78, 5) is -0.384. The highest BCUT2D eigenvalue weighted by Crippen LogP contribution is 2.31. The molecule has 0 bridgehead atoms. The molecule has 0 spiro atoms. The summed E-state index contributed by atoms with van der Waals surface area (Å²) >= 11 is 0. The van der Waals surface area contributed by atoms with E-state index in [0.717, 1.165) is 18.2 Å². The number of hydrogen-bond donors (Lipinski definition) is 0. The maximum absolute atomic E-state index is 12.7. The summed E-state index contributed by atoms with van der Waals surface area (Å²) in [6, 6.07) is 3.68. The van der Waals surface area contributed by atoms with E-state index in [1.165, 1.54) is 0 Å². The second kappa shape index (κ2) is 5.71. The summed E-state index contributed by atoms with van der Waals surface area (Å²) in [5.41, 5.74) is -0.998. The minimum Gasteiger partial charge on any atom is -0.315 e. The number of sulfone groups is 1. The van der Waals surface area contributed by atoms with Gasteiger partial charge in [-0.25, -0.2) is 8.42 Å². The number of hydrogen-bond acceptors (Lipinski definition) is 4. The number of alkyl halides is 3. The maximum Gasteiger partial charge on any atom is 0.416 e. The summed E-state index contributed by atoms with van der Waals surface area (Å²) in [6.07, 6.45) is -4.59. The third-order valence-electron chi connectivity index (χ3n) is 3.17. The van der Waals surface area contributed by atoms with Crippen LogP contribution in [0, 0.1) is 6.92 Å². The van der Waals surface area contributed by atoms with Crippen molar-refractivity contribution in [1.29, 1.82) is 0 Å². The smallest absolute Gasteiger partial charge is 0.315 e. The molecular weight excluding hydrogens is 319 g/mol. The first-order chi connectivity index (χ1) is 10.1. The molecular formula is C13H14F3N3O2S. The lowest BCUT2D eigenvalue weighted by molar-refractivity contribution is -0.137. The topological polar surface area (TPSA) is 64.8 Å². The summed E-state index contributed by atoms with van der Waals surface area (Å²) in [7, 11) is -3.94. The van der Waals surface area contributed by atoms with Gasteiger partial charge >= 0.3 is 6.18 Å². The minimum atomic E-state index is -4.59. The molecule has 1 heterocycles. The van der Waals surface area contributed by atoms with Crippen molar-refractivity contribution in [2.24, 2.45) is 0 Å². The molecule has 1 aromatic carbocycles. The average Bonchev–Trinajstić information content (AvgIpc) is 2.77. The molecule has 2 rings (SSSR count). The Bertz CT molecular complexity index is 782. The van der Waals surface area contributed by atoms with Gasteiger partial charge in [-0.2, -0.15) is 13.2 Å². The van der Waals surface area contributed by atoms with Crippen LogP contribution in [0.1, 0.15) is 24.1 Å². The van der Waals surface area contributed by atoms with Gasteiger partial charge in [0.1, 0.15) is 17.4 Å². The van der Waals surface area contributed by atoms with Crippen molar-refractivity contribution < 1.29 is 21.6 Å². The van der Waals surface area contributed by atoms with Crippen LogP contribution in [0.2, 0.25) is 0 Å². The van der Waals surface area contributed by atoms with Crippen LogP contribution < -0.4 is 0 Å². The van der Waals surface area contributed by atoms with Crippen molar-refractivity contribution in [3.63, 3.8) is 0 Å². The molecule has 2 aromatic rings. The minimum absolute atomic E-state index is 0.206. The lowest BCUT2D eigenvalue weighted by Gasteiger charge is -2.10. The Morgan fingerprint density at radius 3 is 2.50 bits per heavy atom. The molecule has 0 aliphatic rings. The summed E-state index contributed by atoms with van der Waals surface area (Å²) < 4.78 is 64.3. The van der Waals surface area contributed by atoms with E-state index in [1.54, 1.807) is 18.4 Å². The Labute approximate surface area is 125 Å². The van der Waals surface area contributed by atoms with Crippen molar-refractivity contribution in [1.82, 2.24) is 14.8 Å². The normalized spacial score (nSPS) is 12.6. The quantitative estimate of drug-likeness (QED) is 0.863. The van der Waals surface area contributed by atoms with E-state index >= 15 is 0 Å². The third kappa shape index (κ3) is 3.29. The van der Waals surface area contributed by atoms with Crippen molar-refractivity contribution in [3.05, 3.63) is 41.5 Å². The molecule has 0 fully saturated rings. The SMILES string of the molecule is CCn1c(C)nnc1CS(=O)(=O)c1cccc(C(F)(F)F)c1. The van der Waals surface area contributed by atoms with E-state index in [0.29, 0.717) is 18.4 Å². The predicted octanol–water partition coefficient (Wildman–Crippen LogP) is 2.60. The van der Waals surface area contributed by atoms with Crippen LogP contribution in [-0.2, 0) is 28.3 Å². The van der Waals surface area contributed by atoms with Gasteiger partial charge in [-0.05, 0) is 32.0 Å². The van der Waals surface area contributed by atoms with E-state index in [9.17, 15) is 21.6 Å². The summed E-state index contributed by atoms with van der Waals surface area (Å²) in [5.74, 6) is 0.261. The second-order valence-electron chi connectivity index (χ2n) is 4.69. The first-order valence-corrected chi connectivity index (χ1v) is 8.09. The van der Waals surface area contributed by atoms with Gasteiger partial charge in [0.25, 0.3) is 0 Å². The molecule has 0 N–H and O–H groups in total. The van der Waals surface area contributed by atoms with Crippen LogP contribution in [0.25, 0.3) is 0 Å². The zero-order chi connectivity index (χ0) is 16.5. The molecule has 0 radical (unpaired) electrons. The van der Waals surface area contributed by atoms with Crippen LogP contribution in [0.3, 0.4) is 0 Å². The van der Waals surface area contributed by atoms with Crippen molar-refractivity contribution in [2.45, 2.75) is 37.2 Å². The van der Waals surface area contributed by atoms with Crippen LogP contribution in [-0.4, -0.2) is 23.2 Å². The van der Waals surface area contributed by atoms with Gasteiger partial charge in [-0.3, -0.25) is 0 Å². The molecule has 0 amide bonds. The molecule has 5 nitrogen and oxygen atoms in total. The highest BCUT2D eigenvalue weighted by atomic mass is 32.2. The van der Waals surface area contributed by atoms with Crippen molar-refractivity contribution >= 4 is 9.84 Å². The van der Waals surface area contributed by atoms with Gasteiger partial charge < -0.3 is 4.57 Å². The molecule has 0 aliphatic heterocycles. The number of aryl methyl sites for hydroxylation is 1. The third-order valence-corrected chi connectivity index (χ3v) is 4.78. The zero-order valence-corrected chi connectivity index (χ0v) is 12.7. The monoisotopic (exact) mass is 333 g/mol. The molecule has 0 atom stereocenters. The number of rotatable bonds is 4. The van der Waals surface area contributed by atoms with Gasteiger partial charge in [-0.1, -0.05) is 6.07 Å². The number of halogens is 3. The molecule has 120 valence electrons. The van der Waals surface area contributed by atoms with Gasteiger partial charge in [0.05, 0.1) is 10.5 Å². The van der Waals surface area contributed by atoms with E-state index < -0.39 is 27.3 Å². The second-order valence-corrected chi connectivity index (χ2v) is 6.68. The highest BCUT2D eigenvalue weighted by Gasteiger charge is 2.32. The Morgan fingerprint density at radius 1 is 1.23 bits per heavy atom. The lowest BCUT2D eigenvalue weighted by Crippen LogP contribution is -2.13. The number of benzene rings is 1. The fraction of sp³-hybridized carbons (Fsp3) is 0.385. The molecule has 0 saturated carbocycles. The van der Waals surface area contributed by atoms with E-state index in [2.05, 4.69) is 10.2 Å².